The molecule has 0 radical (unpaired) electrons. The molecule has 0 nitrogen and oxygen atoms in total. The highest BCUT2D eigenvalue weighted by molar-refractivity contribution is 5.31. The molecule has 0 spiro atoms. The van der Waals surface area contributed by atoms with Gasteiger partial charge in [-0.15, -0.1) is 0 Å². The highest BCUT2D eigenvalue weighted by atomic mass is 14.2. The van der Waals surface area contributed by atoms with Crippen LogP contribution >= 0.6 is 0 Å². The first-order valence-corrected chi connectivity index (χ1v) is 6.87. The van der Waals surface area contributed by atoms with Crippen molar-refractivity contribution in [3.8, 4) is 0 Å². The normalized spacial score (nSPS) is 17.2. The van der Waals surface area contributed by atoms with Crippen molar-refractivity contribution in [2.75, 3.05) is 0 Å². The third-order valence-corrected chi connectivity index (χ3v) is 2.67. The van der Waals surface area contributed by atoms with Crippen molar-refractivity contribution in [1.29, 1.82) is 0 Å². The monoisotopic (exact) mass is 220 g/mol. The van der Waals surface area contributed by atoms with Gasteiger partial charge in [-0.3, -0.25) is 0 Å². The van der Waals surface area contributed by atoms with Crippen LogP contribution in [0.3, 0.4) is 0 Å². The van der Waals surface area contributed by atoms with Crippen LogP contribution in [0.2, 0.25) is 0 Å². The summed E-state index contributed by atoms with van der Waals surface area (Å²) in [7, 11) is 0. The summed E-state index contributed by atoms with van der Waals surface area (Å²) < 4.78 is 0. The highest BCUT2D eigenvalue weighted by Crippen LogP contribution is 2.30. The third-order valence-electron chi connectivity index (χ3n) is 2.67. The maximum absolute atomic E-state index is 2.33. The van der Waals surface area contributed by atoms with Gasteiger partial charge in [0, 0.05) is 0 Å². The Balaban J connectivity index is 0.000000394. The van der Waals surface area contributed by atoms with Crippen molar-refractivity contribution < 1.29 is 0 Å². The van der Waals surface area contributed by atoms with Crippen LogP contribution < -0.4 is 0 Å². The lowest BCUT2D eigenvalue weighted by molar-refractivity contribution is 0.590. The topological polar surface area (TPSA) is 0 Å². The summed E-state index contributed by atoms with van der Waals surface area (Å²) in [5.74, 6) is 0.792. The minimum atomic E-state index is 0.792. The van der Waals surface area contributed by atoms with E-state index >= 15 is 0 Å². The van der Waals surface area contributed by atoms with Crippen LogP contribution in [0.25, 0.3) is 0 Å². The predicted molar refractivity (Wildman–Crippen MR) is 75.1 cm³/mol. The molecule has 0 N–H and O–H groups in total. The molecule has 1 aliphatic rings. The van der Waals surface area contributed by atoms with E-state index < -0.39 is 0 Å². The molecule has 2 rings (SSSR count). The first-order chi connectivity index (χ1) is 7.79. The molecule has 92 valence electrons. The van der Waals surface area contributed by atoms with Crippen molar-refractivity contribution in [1.82, 2.24) is 0 Å². The molecule has 0 fully saturated rings. The fourth-order valence-electron chi connectivity index (χ4n) is 2.00. The maximum Gasteiger partial charge on any atom is -0.0188 e. The molecule has 1 aliphatic carbocycles. The largest absolute Gasteiger partial charge is 0.0683 e. The van der Waals surface area contributed by atoms with Gasteiger partial charge in [0.2, 0.25) is 0 Å². The zero-order valence-electron chi connectivity index (χ0n) is 11.7. The summed E-state index contributed by atoms with van der Waals surface area (Å²) in [5.41, 5.74) is 3.16. The molecule has 0 saturated heterocycles. The van der Waals surface area contributed by atoms with E-state index in [-0.39, 0.29) is 0 Å². The second kappa shape index (κ2) is 9.45. The second-order valence-corrected chi connectivity index (χ2v) is 4.20. The minimum Gasteiger partial charge on any atom is -0.0683 e. The summed E-state index contributed by atoms with van der Waals surface area (Å²) in [6, 6.07) is 8.85. The van der Waals surface area contributed by atoms with Gasteiger partial charge in [0.25, 0.3) is 0 Å². The Hall–Kier alpha value is -0.780. The number of aryl methyl sites for hydroxylation is 1. The van der Waals surface area contributed by atoms with Crippen molar-refractivity contribution in [2.24, 2.45) is 0 Å². The molecule has 0 bridgehead atoms. The predicted octanol–water partition coefficient (Wildman–Crippen LogP) is 5.57. The molecule has 0 amide bonds. The Morgan fingerprint density at radius 3 is 2.25 bits per heavy atom. The Bertz CT molecular complexity index is 262. The molecule has 1 aromatic carbocycles. The van der Waals surface area contributed by atoms with Crippen molar-refractivity contribution in [2.45, 2.75) is 66.2 Å². The van der Waals surface area contributed by atoms with Crippen LogP contribution in [0.15, 0.2) is 24.3 Å². The first kappa shape index (κ1) is 15.2. The van der Waals surface area contributed by atoms with Gasteiger partial charge in [-0.05, 0) is 36.3 Å². The lowest BCUT2D eigenvalue weighted by atomic mass is 9.84. The van der Waals surface area contributed by atoms with Gasteiger partial charge in [0.1, 0.15) is 0 Å². The number of benzene rings is 1. The SMILES string of the molecule is CC.CC1CCCc2ccccc21.CCC. The zero-order chi connectivity index (χ0) is 12.4. The van der Waals surface area contributed by atoms with Gasteiger partial charge in [0.15, 0.2) is 0 Å². The van der Waals surface area contributed by atoms with Crippen LogP contribution in [0.1, 0.15) is 70.9 Å². The van der Waals surface area contributed by atoms with E-state index in [4.69, 9.17) is 0 Å². The number of hydrogen-bond donors (Lipinski definition) is 0. The molecule has 1 atom stereocenters. The molecule has 1 aromatic rings. The first-order valence-electron chi connectivity index (χ1n) is 6.87. The highest BCUT2D eigenvalue weighted by Gasteiger charge is 2.14. The van der Waals surface area contributed by atoms with Gasteiger partial charge in [-0.1, -0.05) is 65.3 Å². The fraction of sp³-hybridized carbons (Fsp3) is 0.625. The summed E-state index contributed by atoms with van der Waals surface area (Å²) in [6.45, 7) is 10.6. The van der Waals surface area contributed by atoms with E-state index in [9.17, 15) is 0 Å². The van der Waals surface area contributed by atoms with E-state index in [0.717, 1.165) is 5.92 Å². The fourth-order valence-corrected chi connectivity index (χ4v) is 2.00. The summed E-state index contributed by atoms with van der Waals surface area (Å²) in [4.78, 5) is 0. The van der Waals surface area contributed by atoms with Crippen molar-refractivity contribution in [3.63, 3.8) is 0 Å². The van der Waals surface area contributed by atoms with Crippen LogP contribution in [0.5, 0.6) is 0 Å². The minimum absolute atomic E-state index is 0.792. The molecule has 0 aromatic heterocycles. The third kappa shape index (κ3) is 4.83. The maximum atomic E-state index is 2.33. The van der Waals surface area contributed by atoms with Gasteiger partial charge < -0.3 is 0 Å². The molecular formula is C16H28. The Kier molecular flexibility index (Phi) is 8.99. The van der Waals surface area contributed by atoms with E-state index in [1.54, 1.807) is 11.1 Å². The zero-order valence-corrected chi connectivity index (χ0v) is 11.7. The second-order valence-electron chi connectivity index (χ2n) is 4.20. The molecule has 0 aliphatic heterocycles. The Labute approximate surface area is 102 Å². The van der Waals surface area contributed by atoms with E-state index in [0.29, 0.717) is 0 Å². The summed E-state index contributed by atoms with van der Waals surface area (Å²) in [6.07, 6.45) is 5.29. The van der Waals surface area contributed by atoms with Crippen molar-refractivity contribution in [3.05, 3.63) is 35.4 Å². The molecule has 0 heteroatoms. The number of rotatable bonds is 0. The van der Waals surface area contributed by atoms with E-state index in [1.807, 2.05) is 13.8 Å². The van der Waals surface area contributed by atoms with Gasteiger partial charge in [-0.2, -0.15) is 0 Å². The van der Waals surface area contributed by atoms with Crippen molar-refractivity contribution >= 4 is 0 Å². The lowest BCUT2D eigenvalue weighted by Gasteiger charge is -2.21. The smallest absolute Gasteiger partial charge is 0.0188 e. The number of fused-ring (bicyclic) bond motifs is 1. The van der Waals surface area contributed by atoms with Gasteiger partial charge in [-0.25, -0.2) is 0 Å². The molecule has 16 heavy (non-hydrogen) atoms. The van der Waals surface area contributed by atoms with Crippen LogP contribution in [0, 0.1) is 0 Å². The van der Waals surface area contributed by atoms with Crippen LogP contribution in [0.4, 0.5) is 0 Å². The molecule has 1 unspecified atom stereocenters. The van der Waals surface area contributed by atoms with Gasteiger partial charge >= 0.3 is 0 Å². The molecule has 0 saturated carbocycles. The number of hydrogen-bond acceptors (Lipinski definition) is 0. The molecular weight excluding hydrogens is 192 g/mol. The van der Waals surface area contributed by atoms with E-state index in [1.165, 1.54) is 25.7 Å². The summed E-state index contributed by atoms with van der Waals surface area (Å²) in [5, 5.41) is 0. The van der Waals surface area contributed by atoms with Gasteiger partial charge in [0.05, 0.1) is 0 Å². The van der Waals surface area contributed by atoms with Crippen LogP contribution in [-0.2, 0) is 6.42 Å². The lowest BCUT2D eigenvalue weighted by Crippen LogP contribution is -2.05. The molecule has 0 heterocycles. The van der Waals surface area contributed by atoms with E-state index in [2.05, 4.69) is 45.0 Å². The van der Waals surface area contributed by atoms with Crippen LogP contribution in [-0.4, -0.2) is 0 Å². The quantitative estimate of drug-likeness (QED) is 0.536. The Morgan fingerprint density at radius 2 is 1.69 bits per heavy atom. The average molecular weight is 220 g/mol. The average Bonchev–Trinajstić information content (AvgIpc) is 2.33. The Morgan fingerprint density at radius 1 is 1.12 bits per heavy atom. The standard InChI is InChI=1S/C11H14.C3H8.C2H6/c1-9-5-4-7-10-6-2-3-8-11(9)10;1-3-2;1-2/h2-3,6,8-9H,4-5,7H2,1H3;3H2,1-2H3;1-2H3. The summed E-state index contributed by atoms with van der Waals surface area (Å²) >= 11 is 0.